The number of halogens is 1. The molecule has 6 heteroatoms. The number of imidazole rings is 1. The summed E-state index contributed by atoms with van der Waals surface area (Å²) >= 11 is 0. The van der Waals surface area contributed by atoms with Crippen LogP contribution in [0.1, 0.15) is 70.0 Å². The molecule has 5 aromatic rings. The maximum Gasteiger partial charge on any atom is 0.163 e. The van der Waals surface area contributed by atoms with E-state index in [9.17, 15) is 0 Å². The molecule has 3 aromatic carbocycles. The summed E-state index contributed by atoms with van der Waals surface area (Å²) in [6.07, 6.45) is 3.38. The van der Waals surface area contributed by atoms with Crippen LogP contribution in [0.5, 0.6) is 0 Å². The van der Waals surface area contributed by atoms with Crippen LogP contribution in [0.15, 0.2) is 67.0 Å². The molecule has 0 spiro atoms. The van der Waals surface area contributed by atoms with Gasteiger partial charge in [-0.1, -0.05) is 76.9 Å². The molecule has 0 saturated carbocycles. The van der Waals surface area contributed by atoms with Gasteiger partial charge in [0.05, 0.1) is 16.7 Å². The molecule has 5 nitrogen and oxygen atoms in total. The number of alkyl halides is 1. The molecule has 0 N–H and O–H groups in total. The van der Waals surface area contributed by atoms with E-state index in [1.165, 1.54) is 12.8 Å². The molecule has 0 amide bonds. The van der Waals surface area contributed by atoms with E-state index >= 15 is 4.39 Å². The number of nitrogens with zero attached hydrogens (tertiary/aromatic N) is 5. The topological polar surface area (TPSA) is 48.5 Å². The van der Waals surface area contributed by atoms with Gasteiger partial charge in [0.2, 0.25) is 0 Å². The Morgan fingerprint density at radius 2 is 1.54 bits per heavy atom. The standard InChI is InChI=1S/C29H30FN5.C4H10/c1-18-11-10-12-19(2)27(18)35-28(32-21(4)33-35)23-15-25-26(16-24(23)29(5,6)20(3)30)34(17-31-25)22-13-8-7-9-14-22;1-3-4-2/h7-17,20H,1-6H3;3-4H2,1-2H3/t20-;/m1./s1. The summed E-state index contributed by atoms with van der Waals surface area (Å²) in [7, 11) is 0. The molecule has 0 bridgehead atoms. The molecule has 0 aliphatic heterocycles. The van der Waals surface area contributed by atoms with Crippen molar-refractivity contribution in [3.05, 3.63) is 89.5 Å². The van der Waals surface area contributed by atoms with Crippen molar-refractivity contribution in [1.82, 2.24) is 24.3 Å². The number of fused-ring (bicyclic) bond motifs is 1. The van der Waals surface area contributed by atoms with E-state index < -0.39 is 11.6 Å². The Hall–Kier alpha value is -3.80. The van der Waals surface area contributed by atoms with Crippen molar-refractivity contribution >= 4 is 11.0 Å². The summed E-state index contributed by atoms with van der Waals surface area (Å²) in [6, 6.07) is 20.4. The summed E-state index contributed by atoms with van der Waals surface area (Å²) < 4.78 is 19.0. The summed E-state index contributed by atoms with van der Waals surface area (Å²) in [5, 5.41) is 4.77. The molecule has 0 fully saturated rings. The number of benzene rings is 3. The van der Waals surface area contributed by atoms with Crippen LogP contribution in [-0.2, 0) is 5.41 Å². The average Bonchev–Trinajstić information content (AvgIpc) is 3.51. The van der Waals surface area contributed by atoms with Gasteiger partial charge in [-0.05, 0) is 68.7 Å². The molecular weight excluding hydrogens is 485 g/mol. The Bertz CT molecular complexity index is 1540. The zero-order valence-electron chi connectivity index (χ0n) is 24.5. The van der Waals surface area contributed by atoms with E-state index in [4.69, 9.17) is 15.1 Å². The first-order valence-electron chi connectivity index (χ1n) is 13.8. The van der Waals surface area contributed by atoms with Gasteiger partial charge in [-0.3, -0.25) is 4.57 Å². The van der Waals surface area contributed by atoms with Gasteiger partial charge >= 0.3 is 0 Å². The normalized spacial score (nSPS) is 12.3. The smallest absolute Gasteiger partial charge is 0.163 e. The van der Waals surface area contributed by atoms with Crippen LogP contribution in [-0.4, -0.2) is 30.5 Å². The minimum absolute atomic E-state index is 0.662. The van der Waals surface area contributed by atoms with Crippen molar-refractivity contribution in [2.24, 2.45) is 0 Å². The monoisotopic (exact) mass is 525 g/mol. The molecular formula is C33H40FN5. The second-order valence-corrected chi connectivity index (χ2v) is 10.8. The van der Waals surface area contributed by atoms with E-state index in [0.717, 1.165) is 44.7 Å². The Balaban J connectivity index is 0.000000826. The SMILES string of the molecule is CCCC.Cc1nc(-c2cc3ncn(-c4ccccc4)c3cc2C(C)(C)[C@@H](C)F)n(-c2c(C)cccc2C)n1. The fourth-order valence-electron chi connectivity index (χ4n) is 4.67. The summed E-state index contributed by atoms with van der Waals surface area (Å²) in [5.41, 5.74) is 6.91. The lowest BCUT2D eigenvalue weighted by Gasteiger charge is -2.29. The van der Waals surface area contributed by atoms with Crippen LogP contribution >= 0.6 is 0 Å². The van der Waals surface area contributed by atoms with E-state index in [-0.39, 0.29) is 0 Å². The Labute approximate surface area is 231 Å². The first kappa shape index (κ1) is 28.2. The van der Waals surface area contributed by atoms with Crippen molar-refractivity contribution < 1.29 is 4.39 Å². The third-order valence-electron chi connectivity index (χ3n) is 7.51. The predicted octanol–water partition coefficient (Wildman–Crippen LogP) is 8.64. The second-order valence-electron chi connectivity index (χ2n) is 10.8. The molecule has 2 aromatic heterocycles. The minimum atomic E-state index is -1.08. The highest BCUT2D eigenvalue weighted by Gasteiger charge is 2.33. The van der Waals surface area contributed by atoms with Gasteiger partial charge in [-0.15, -0.1) is 0 Å². The van der Waals surface area contributed by atoms with E-state index in [1.807, 2.05) is 78.8 Å². The lowest BCUT2D eigenvalue weighted by Crippen LogP contribution is -2.29. The van der Waals surface area contributed by atoms with Crippen molar-refractivity contribution in [2.45, 2.75) is 79.8 Å². The summed E-state index contributed by atoms with van der Waals surface area (Å²) in [5.74, 6) is 1.36. The maximum absolute atomic E-state index is 15.1. The Morgan fingerprint density at radius 1 is 0.897 bits per heavy atom. The van der Waals surface area contributed by atoms with Crippen LogP contribution < -0.4 is 0 Å². The van der Waals surface area contributed by atoms with Crippen molar-refractivity contribution in [2.75, 3.05) is 0 Å². The van der Waals surface area contributed by atoms with Gasteiger partial charge in [-0.25, -0.2) is 19.0 Å². The molecule has 0 unspecified atom stereocenters. The highest BCUT2D eigenvalue weighted by atomic mass is 19.1. The third kappa shape index (κ3) is 5.51. The fourth-order valence-corrected chi connectivity index (χ4v) is 4.67. The number of hydrogen-bond acceptors (Lipinski definition) is 3. The van der Waals surface area contributed by atoms with Crippen LogP contribution in [0.2, 0.25) is 0 Å². The van der Waals surface area contributed by atoms with Crippen LogP contribution in [0.4, 0.5) is 4.39 Å². The Morgan fingerprint density at radius 3 is 2.13 bits per heavy atom. The van der Waals surface area contributed by atoms with Crippen molar-refractivity contribution in [3.8, 4) is 22.8 Å². The van der Waals surface area contributed by atoms with Gasteiger partial charge in [0, 0.05) is 16.7 Å². The molecule has 0 aliphatic carbocycles. The van der Waals surface area contributed by atoms with Crippen LogP contribution in [0.3, 0.4) is 0 Å². The maximum atomic E-state index is 15.1. The van der Waals surface area contributed by atoms with Gasteiger partial charge in [-0.2, -0.15) is 5.10 Å². The van der Waals surface area contributed by atoms with E-state index in [0.29, 0.717) is 11.6 Å². The first-order chi connectivity index (χ1) is 18.6. The summed E-state index contributed by atoms with van der Waals surface area (Å²) in [6.45, 7) is 15.9. The quantitative estimate of drug-likeness (QED) is 0.223. The van der Waals surface area contributed by atoms with Gasteiger partial charge < -0.3 is 0 Å². The van der Waals surface area contributed by atoms with Gasteiger partial charge in [0.1, 0.15) is 18.3 Å². The number of para-hydroxylation sites is 2. The summed E-state index contributed by atoms with van der Waals surface area (Å²) in [4.78, 5) is 9.54. The highest BCUT2D eigenvalue weighted by molar-refractivity contribution is 5.85. The second kappa shape index (κ2) is 11.5. The third-order valence-corrected chi connectivity index (χ3v) is 7.51. The number of unbranched alkanes of at least 4 members (excludes halogenated alkanes) is 1. The van der Waals surface area contributed by atoms with Gasteiger partial charge in [0.25, 0.3) is 0 Å². The molecule has 0 radical (unpaired) electrons. The van der Waals surface area contributed by atoms with Crippen LogP contribution in [0, 0.1) is 20.8 Å². The molecule has 204 valence electrons. The van der Waals surface area contributed by atoms with Crippen molar-refractivity contribution in [3.63, 3.8) is 0 Å². The number of hydrogen-bond donors (Lipinski definition) is 0. The largest absolute Gasteiger partial charge is 0.299 e. The number of rotatable bonds is 6. The lowest BCUT2D eigenvalue weighted by molar-refractivity contribution is 0.237. The van der Waals surface area contributed by atoms with Crippen molar-refractivity contribution in [1.29, 1.82) is 0 Å². The zero-order chi connectivity index (χ0) is 28.3. The van der Waals surface area contributed by atoms with E-state index in [2.05, 4.69) is 45.9 Å². The average molecular weight is 526 g/mol. The molecule has 5 rings (SSSR count). The minimum Gasteiger partial charge on any atom is -0.299 e. The molecule has 2 heterocycles. The molecule has 39 heavy (non-hydrogen) atoms. The first-order valence-corrected chi connectivity index (χ1v) is 13.8. The highest BCUT2D eigenvalue weighted by Crippen LogP contribution is 2.40. The molecule has 0 aliphatic rings. The molecule has 1 atom stereocenters. The number of aromatic nitrogens is 5. The van der Waals surface area contributed by atoms with Gasteiger partial charge in [0.15, 0.2) is 5.82 Å². The molecule has 0 saturated heterocycles. The Kier molecular flexibility index (Phi) is 8.34. The van der Waals surface area contributed by atoms with E-state index in [1.54, 1.807) is 6.92 Å². The van der Waals surface area contributed by atoms with Crippen LogP contribution in [0.25, 0.3) is 33.8 Å². The predicted molar refractivity (Wildman–Crippen MR) is 160 cm³/mol. The zero-order valence-corrected chi connectivity index (χ0v) is 24.5. The number of aryl methyl sites for hydroxylation is 3. The lowest BCUT2D eigenvalue weighted by atomic mass is 9.78. The fraction of sp³-hybridized carbons (Fsp3) is 0.364.